The van der Waals surface area contributed by atoms with Crippen molar-refractivity contribution in [1.29, 1.82) is 0 Å². The van der Waals surface area contributed by atoms with Crippen molar-refractivity contribution < 1.29 is 4.52 Å². The molecule has 0 aliphatic carbocycles. The van der Waals surface area contributed by atoms with Gasteiger partial charge in [-0.15, -0.1) is 0 Å². The fraction of sp³-hybridized carbons (Fsp3) is 0.538. The highest BCUT2D eigenvalue weighted by atomic mass is 16.5. The third kappa shape index (κ3) is 2.57. The molecule has 1 aliphatic rings. The van der Waals surface area contributed by atoms with Crippen LogP contribution in [-0.4, -0.2) is 33.2 Å². The number of rotatable bonds is 2. The zero-order chi connectivity index (χ0) is 13.2. The minimum absolute atomic E-state index is 0.301. The quantitative estimate of drug-likeness (QED) is 0.820. The summed E-state index contributed by atoms with van der Waals surface area (Å²) < 4.78 is 5.07. The lowest BCUT2D eigenvalue weighted by atomic mass is 9.98. The molecule has 2 aromatic rings. The molecule has 6 heteroatoms. The van der Waals surface area contributed by atoms with E-state index in [1.165, 1.54) is 0 Å². The minimum Gasteiger partial charge on any atom is -0.340 e. The van der Waals surface area contributed by atoms with Gasteiger partial charge in [0.05, 0.1) is 0 Å². The molecule has 0 saturated carbocycles. The summed E-state index contributed by atoms with van der Waals surface area (Å²) in [6, 6.07) is 1.91. The Kier molecular flexibility index (Phi) is 3.15. The molecule has 1 aliphatic heterocycles. The summed E-state index contributed by atoms with van der Waals surface area (Å²) in [4.78, 5) is 15.4. The molecule has 6 nitrogen and oxygen atoms in total. The van der Waals surface area contributed by atoms with Crippen LogP contribution in [0.2, 0.25) is 0 Å². The van der Waals surface area contributed by atoms with Crippen LogP contribution in [0.4, 0.5) is 5.95 Å². The van der Waals surface area contributed by atoms with Crippen molar-refractivity contribution in [2.45, 2.75) is 32.6 Å². The van der Waals surface area contributed by atoms with E-state index in [4.69, 9.17) is 4.52 Å². The van der Waals surface area contributed by atoms with Crippen LogP contribution in [-0.2, 0) is 0 Å². The van der Waals surface area contributed by atoms with E-state index in [1.54, 1.807) is 6.20 Å². The van der Waals surface area contributed by atoms with Gasteiger partial charge in [0.2, 0.25) is 11.8 Å². The maximum absolute atomic E-state index is 5.07. The highest BCUT2D eigenvalue weighted by molar-refractivity contribution is 5.32. The molecule has 1 atom stereocenters. The topological polar surface area (TPSA) is 67.9 Å². The molecule has 0 amide bonds. The average molecular weight is 259 g/mol. The van der Waals surface area contributed by atoms with E-state index in [2.05, 4.69) is 25.0 Å². The van der Waals surface area contributed by atoms with Gasteiger partial charge in [-0.2, -0.15) is 4.98 Å². The van der Waals surface area contributed by atoms with Gasteiger partial charge < -0.3 is 9.42 Å². The Hall–Kier alpha value is -1.98. The van der Waals surface area contributed by atoms with Crippen LogP contribution in [0.3, 0.4) is 0 Å². The third-order valence-corrected chi connectivity index (χ3v) is 3.39. The van der Waals surface area contributed by atoms with Crippen LogP contribution in [0.5, 0.6) is 0 Å². The number of aryl methyl sites for hydroxylation is 2. The van der Waals surface area contributed by atoms with Crippen molar-refractivity contribution in [2.24, 2.45) is 0 Å². The van der Waals surface area contributed by atoms with Gasteiger partial charge in [0.1, 0.15) is 0 Å². The highest BCUT2D eigenvalue weighted by Crippen LogP contribution is 2.26. The first kappa shape index (κ1) is 12.1. The van der Waals surface area contributed by atoms with E-state index in [-0.39, 0.29) is 0 Å². The van der Waals surface area contributed by atoms with Crippen molar-refractivity contribution in [3.8, 4) is 0 Å². The Bertz CT molecular complexity index is 568. The average Bonchev–Trinajstić information content (AvgIpc) is 2.86. The number of nitrogens with zero attached hydrogens (tertiary/aromatic N) is 5. The smallest absolute Gasteiger partial charge is 0.225 e. The highest BCUT2D eigenvalue weighted by Gasteiger charge is 2.26. The summed E-state index contributed by atoms with van der Waals surface area (Å²) in [5.74, 6) is 2.52. The number of anilines is 1. The number of hydrogen-bond acceptors (Lipinski definition) is 6. The molecule has 0 N–H and O–H groups in total. The molecule has 0 radical (unpaired) electrons. The van der Waals surface area contributed by atoms with Crippen LogP contribution in [0.1, 0.15) is 36.2 Å². The lowest BCUT2D eigenvalue weighted by molar-refractivity contribution is 0.376. The first-order chi connectivity index (χ1) is 9.22. The summed E-state index contributed by atoms with van der Waals surface area (Å²) in [5.41, 5.74) is 0.988. The largest absolute Gasteiger partial charge is 0.340 e. The lowest BCUT2D eigenvalue weighted by Gasteiger charge is -2.31. The fourth-order valence-electron chi connectivity index (χ4n) is 2.44. The monoisotopic (exact) mass is 259 g/mol. The Balaban J connectivity index is 1.78. The van der Waals surface area contributed by atoms with E-state index in [9.17, 15) is 0 Å². The molecule has 2 aromatic heterocycles. The molecule has 1 fully saturated rings. The predicted molar refractivity (Wildman–Crippen MR) is 70.0 cm³/mol. The van der Waals surface area contributed by atoms with E-state index >= 15 is 0 Å². The third-order valence-electron chi connectivity index (χ3n) is 3.39. The van der Waals surface area contributed by atoms with Crippen LogP contribution >= 0.6 is 0 Å². The van der Waals surface area contributed by atoms with Crippen molar-refractivity contribution >= 4 is 5.95 Å². The van der Waals surface area contributed by atoms with Crippen molar-refractivity contribution in [3.63, 3.8) is 0 Å². The molecular weight excluding hydrogens is 242 g/mol. The summed E-state index contributed by atoms with van der Waals surface area (Å²) in [7, 11) is 0. The van der Waals surface area contributed by atoms with Crippen molar-refractivity contribution in [1.82, 2.24) is 20.1 Å². The number of aromatic nitrogens is 4. The van der Waals surface area contributed by atoms with Crippen LogP contribution in [0.25, 0.3) is 0 Å². The van der Waals surface area contributed by atoms with E-state index in [0.29, 0.717) is 11.8 Å². The molecular formula is C13H17N5O. The Morgan fingerprint density at radius 1 is 1.32 bits per heavy atom. The standard InChI is InChI=1S/C13H17N5O/c1-9-5-6-14-13(15-9)18-7-3-4-11(8-18)12-16-10(2)19-17-12/h5-6,11H,3-4,7-8H2,1-2H3/t11-/m1/s1. The first-order valence-corrected chi connectivity index (χ1v) is 6.57. The zero-order valence-electron chi connectivity index (χ0n) is 11.2. The second-order valence-electron chi connectivity index (χ2n) is 4.95. The molecule has 0 aromatic carbocycles. The van der Waals surface area contributed by atoms with Crippen molar-refractivity contribution in [3.05, 3.63) is 29.7 Å². The summed E-state index contributed by atoms with van der Waals surface area (Å²) >= 11 is 0. The molecule has 19 heavy (non-hydrogen) atoms. The van der Waals surface area contributed by atoms with Crippen molar-refractivity contribution in [2.75, 3.05) is 18.0 Å². The van der Waals surface area contributed by atoms with Crippen LogP contribution < -0.4 is 4.90 Å². The Labute approximate surface area is 111 Å². The molecule has 0 spiro atoms. The van der Waals surface area contributed by atoms with E-state index < -0.39 is 0 Å². The van der Waals surface area contributed by atoms with Crippen LogP contribution in [0.15, 0.2) is 16.8 Å². The maximum atomic E-state index is 5.07. The second-order valence-corrected chi connectivity index (χ2v) is 4.95. The van der Waals surface area contributed by atoms with E-state index in [0.717, 1.165) is 43.4 Å². The van der Waals surface area contributed by atoms with Gasteiger partial charge in [-0.1, -0.05) is 5.16 Å². The zero-order valence-corrected chi connectivity index (χ0v) is 11.2. The molecule has 0 unspecified atom stereocenters. The number of piperidine rings is 1. The molecule has 0 bridgehead atoms. The van der Waals surface area contributed by atoms with Crippen LogP contribution in [0, 0.1) is 13.8 Å². The number of hydrogen-bond donors (Lipinski definition) is 0. The normalized spacial score (nSPS) is 19.7. The van der Waals surface area contributed by atoms with Gasteiger partial charge in [0.25, 0.3) is 0 Å². The molecule has 100 valence electrons. The van der Waals surface area contributed by atoms with E-state index in [1.807, 2.05) is 19.9 Å². The second kappa shape index (κ2) is 4.95. The minimum atomic E-state index is 0.301. The summed E-state index contributed by atoms with van der Waals surface area (Å²) in [6.07, 6.45) is 3.98. The van der Waals surface area contributed by atoms with Gasteiger partial charge >= 0.3 is 0 Å². The van der Waals surface area contributed by atoms with Gasteiger partial charge in [0, 0.05) is 37.8 Å². The van der Waals surface area contributed by atoms with Gasteiger partial charge in [0.15, 0.2) is 5.82 Å². The summed E-state index contributed by atoms with van der Waals surface area (Å²) in [5, 5.41) is 4.03. The Morgan fingerprint density at radius 2 is 2.21 bits per heavy atom. The molecule has 1 saturated heterocycles. The predicted octanol–water partition coefficient (Wildman–Crippen LogP) is 1.86. The summed E-state index contributed by atoms with van der Waals surface area (Å²) in [6.45, 7) is 5.63. The van der Waals surface area contributed by atoms with Gasteiger partial charge in [-0.25, -0.2) is 9.97 Å². The van der Waals surface area contributed by atoms with Gasteiger partial charge in [-0.05, 0) is 25.8 Å². The van der Waals surface area contributed by atoms with Gasteiger partial charge in [-0.3, -0.25) is 0 Å². The molecule has 3 rings (SSSR count). The SMILES string of the molecule is Cc1ccnc(N2CCC[C@@H](c3noc(C)n3)C2)n1. The Morgan fingerprint density at radius 3 is 2.95 bits per heavy atom. The first-order valence-electron chi connectivity index (χ1n) is 6.57. The maximum Gasteiger partial charge on any atom is 0.225 e. The molecule has 3 heterocycles. The fourth-order valence-corrected chi connectivity index (χ4v) is 2.44. The lowest BCUT2D eigenvalue weighted by Crippen LogP contribution is -2.36.